The van der Waals surface area contributed by atoms with Gasteiger partial charge in [-0.2, -0.15) is 5.26 Å². The second-order valence-corrected chi connectivity index (χ2v) is 4.83. The largest absolute Gasteiger partial charge is 0.462 e. The summed E-state index contributed by atoms with van der Waals surface area (Å²) in [5, 5.41) is 9.56. The average Bonchev–Trinajstić information content (AvgIpc) is 2.55. The third-order valence-corrected chi connectivity index (χ3v) is 3.20. The third kappa shape index (κ3) is 4.86. The van der Waals surface area contributed by atoms with Gasteiger partial charge in [-0.25, -0.2) is 9.59 Å². The maximum absolute atomic E-state index is 12.2. The molecule has 0 fully saturated rings. The number of ether oxygens (including phenoxy) is 2. The zero-order valence-electron chi connectivity index (χ0n) is 13.3. The van der Waals surface area contributed by atoms with E-state index in [4.69, 9.17) is 26.8 Å². The molecule has 0 saturated carbocycles. The predicted molar refractivity (Wildman–Crippen MR) is 89.5 cm³/mol. The van der Waals surface area contributed by atoms with Crippen LogP contribution in [0.4, 0.5) is 0 Å². The standard InChI is InChI=1S/C17H17ClN2O4/c1-3-23-16(21)12(9-11-7-5-6-8-14(11)18)15(20)13(10-19)17(22)24-4-2/h5-9H,3-4,20H2,1-2H3/b12-9+,15-13-. The summed E-state index contributed by atoms with van der Waals surface area (Å²) in [7, 11) is 0. The van der Waals surface area contributed by atoms with Crippen molar-refractivity contribution in [2.24, 2.45) is 5.73 Å². The fourth-order valence-corrected chi connectivity index (χ4v) is 1.95. The van der Waals surface area contributed by atoms with Crippen molar-refractivity contribution in [3.8, 4) is 6.07 Å². The van der Waals surface area contributed by atoms with Gasteiger partial charge < -0.3 is 15.2 Å². The summed E-state index contributed by atoms with van der Waals surface area (Å²) >= 11 is 6.07. The number of rotatable bonds is 6. The highest BCUT2D eigenvalue weighted by molar-refractivity contribution is 6.32. The van der Waals surface area contributed by atoms with Crippen LogP contribution in [0.2, 0.25) is 5.02 Å². The molecular formula is C17H17ClN2O4. The predicted octanol–water partition coefficient (Wildman–Crippen LogP) is 2.59. The first kappa shape index (κ1) is 19.3. The number of hydrogen-bond acceptors (Lipinski definition) is 6. The first-order valence-electron chi connectivity index (χ1n) is 7.16. The molecule has 0 heterocycles. The van der Waals surface area contributed by atoms with E-state index in [1.165, 1.54) is 6.08 Å². The summed E-state index contributed by atoms with van der Waals surface area (Å²) in [6.07, 6.45) is 1.37. The lowest BCUT2D eigenvalue weighted by atomic mass is 10.0. The van der Waals surface area contributed by atoms with Crippen LogP contribution in [0.25, 0.3) is 6.08 Å². The fourth-order valence-electron chi connectivity index (χ4n) is 1.76. The number of nitrogens with zero attached hydrogens (tertiary/aromatic N) is 1. The molecular weight excluding hydrogens is 332 g/mol. The number of esters is 2. The normalized spacial score (nSPS) is 12.0. The van der Waals surface area contributed by atoms with Gasteiger partial charge in [-0.3, -0.25) is 0 Å². The molecule has 0 aliphatic carbocycles. The van der Waals surface area contributed by atoms with Crippen LogP contribution in [-0.4, -0.2) is 25.2 Å². The molecule has 7 heteroatoms. The van der Waals surface area contributed by atoms with Crippen LogP contribution in [0.15, 0.2) is 41.1 Å². The van der Waals surface area contributed by atoms with E-state index in [0.29, 0.717) is 10.6 Å². The molecule has 0 saturated heterocycles. The van der Waals surface area contributed by atoms with Crippen molar-refractivity contribution in [2.75, 3.05) is 13.2 Å². The van der Waals surface area contributed by atoms with Crippen LogP contribution in [0, 0.1) is 11.3 Å². The first-order chi connectivity index (χ1) is 11.5. The summed E-state index contributed by atoms with van der Waals surface area (Å²) < 4.78 is 9.72. The maximum atomic E-state index is 12.2. The van der Waals surface area contributed by atoms with Gasteiger partial charge in [0.1, 0.15) is 6.07 Å². The molecule has 1 aromatic carbocycles. The lowest BCUT2D eigenvalue weighted by Crippen LogP contribution is -2.20. The van der Waals surface area contributed by atoms with E-state index in [1.54, 1.807) is 44.2 Å². The van der Waals surface area contributed by atoms with E-state index in [0.717, 1.165) is 0 Å². The Bertz CT molecular complexity index is 732. The summed E-state index contributed by atoms with van der Waals surface area (Å²) in [4.78, 5) is 24.0. The van der Waals surface area contributed by atoms with Crippen molar-refractivity contribution < 1.29 is 19.1 Å². The van der Waals surface area contributed by atoms with Crippen LogP contribution in [-0.2, 0) is 19.1 Å². The Morgan fingerprint density at radius 1 is 1.21 bits per heavy atom. The number of benzene rings is 1. The Labute approximate surface area is 145 Å². The molecule has 2 N–H and O–H groups in total. The van der Waals surface area contributed by atoms with Gasteiger partial charge >= 0.3 is 11.9 Å². The average molecular weight is 349 g/mol. The minimum absolute atomic E-state index is 0.0697. The summed E-state index contributed by atoms with van der Waals surface area (Å²) in [5.41, 5.74) is 5.43. The van der Waals surface area contributed by atoms with Crippen LogP contribution < -0.4 is 5.73 Å². The molecule has 0 unspecified atom stereocenters. The molecule has 0 radical (unpaired) electrons. The molecule has 0 atom stereocenters. The van der Waals surface area contributed by atoms with Crippen LogP contribution in [0.5, 0.6) is 0 Å². The van der Waals surface area contributed by atoms with Gasteiger partial charge in [0.05, 0.1) is 24.5 Å². The molecule has 0 amide bonds. The number of hydrogen-bond donors (Lipinski definition) is 1. The van der Waals surface area contributed by atoms with E-state index in [-0.39, 0.29) is 24.5 Å². The van der Waals surface area contributed by atoms with Crippen LogP contribution in [0.3, 0.4) is 0 Å². The smallest absolute Gasteiger partial charge is 0.351 e. The van der Waals surface area contributed by atoms with Gasteiger partial charge in [0.2, 0.25) is 0 Å². The number of nitriles is 1. The second-order valence-electron chi connectivity index (χ2n) is 4.42. The first-order valence-corrected chi connectivity index (χ1v) is 7.54. The summed E-state index contributed by atoms with van der Waals surface area (Å²) in [6, 6.07) is 8.40. The van der Waals surface area contributed by atoms with Gasteiger partial charge in [0.15, 0.2) is 5.57 Å². The number of carbonyl (C=O) groups is 2. The molecule has 0 spiro atoms. The molecule has 1 rings (SSSR count). The molecule has 6 nitrogen and oxygen atoms in total. The molecule has 1 aromatic rings. The maximum Gasteiger partial charge on any atom is 0.351 e. The Morgan fingerprint density at radius 3 is 2.33 bits per heavy atom. The lowest BCUT2D eigenvalue weighted by Gasteiger charge is -2.10. The minimum atomic E-state index is -0.910. The highest BCUT2D eigenvalue weighted by Gasteiger charge is 2.23. The molecule has 126 valence electrons. The van der Waals surface area contributed by atoms with E-state index in [9.17, 15) is 14.9 Å². The van der Waals surface area contributed by atoms with Crippen molar-refractivity contribution in [3.63, 3.8) is 0 Å². The topological polar surface area (TPSA) is 102 Å². The van der Waals surface area contributed by atoms with Gasteiger partial charge in [-0.05, 0) is 31.6 Å². The van der Waals surface area contributed by atoms with Crippen molar-refractivity contribution in [3.05, 3.63) is 51.7 Å². The Hall–Kier alpha value is -2.78. The van der Waals surface area contributed by atoms with Gasteiger partial charge in [0, 0.05) is 5.02 Å². The second kappa shape index (κ2) is 9.38. The van der Waals surface area contributed by atoms with Crippen LogP contribution in [0.1, 0.15) is 19.4 Å². The van der Waals surface area contributed by atoms with Gasteiger partial charge in [-0.15, -0.1) is 0 Å². The molecule has 0 aliphatic heterocycles. The highest BCUT2D eigenvalue weighted by atomic mass is 35.5. The number of carbonyl (C=O) groups excluding carboxylic acids is 2. The van der Waals surface area contributed by atoms with Crippen molar-refractivity contribution >= 4 is 29.6 Å². The quantitative estimate of drug-likeness (QED) is 0.367. The van der Waals surface area contributed by atoms with Gasteiger partial charge in [0.25, 0.3) is 0 Å². The van der Waals surface area contributed by atoms with Crippen molar-refractivity contribution in [1.29, 1.82) is 5.26 Å². The molecule has 0 bridgehead atoms. The number of nitrogens with two attached hydrogens (primary N) is 1. The fraction of sp³-hybridized carbons (Fsp3) is 0.235. The highest BCUT2D eigenvalue weighted by Crippen LogP contribution is 2.22. The lowest BCUT2D eigenvalue weighted by molar-refractivity contribution is -0.138. The third-order valence-electron chi connectivity index (χ3n) is 2.85. The molecule has 0 aliphatic rings. The van der Waals surface area contributed by atoms with E-state index in [1.807, 2.05) is 0 Å². The summed E-state index contributed by atoms with van der Waals surface area (Å²) in [6.45, 7) is 3.39. The Kier molecular flexibility index (Phi) is 7.53. The number of halogens is 1. The van der Waals surface area contributed by atoms with E-state index >= 15 is 0 Å². The van der Waals surface area contributed by atoms with Crippen molar-refractivity contribution in [1.82, 2.24) is 0 Å². The van der Waals surface area contributed by atoms with Gasteiger partial charge in [-0.1, -0.05) is 29.8 Å². The monoisotopic (exact) mass is 348 g/mol. The zero-order valence-corrected chi connectivity index (χ0v) is 14.1. The zero-order chi connectivity index (χ0) is 18.1. The molecule has 0 aromatic heterocycles. The van der Waals surface area contributed by atoms with Crippen LogP contribution >= 0.6 is 11.6 Å². The summed E-state index contributed by atoms with van der Waals surface area (Å²) in [5.74, 6) is -1.68. The Morgan fingerprint density at radius 2 is 1.79 bits per heavy atom. The Balaban J connectivity index is 3.48. The van der Waals surface area contributed by atoms with E-state index < -0.39 is 17.5 Å². The van der Waals surface area contributed by atoms with Crippen molar-refractivity contribution in [2.45, 2.75) is 13.8 Å². The minimum Gasteiger partial charge on any atom is -0.462 e. The SMILES string of the molecule is CCOC(=O)/C(C#N)=C(N)/C(=C\c1ccccc1Cl)C(=O)OCC. The van der Waals surface area contributed by atoms with E-state index in [2.05, 4.69) is 0 Å². The molecule has 24 heavy (non-hydrogen) atoms.